The molecule has 0 saturated heterocycles. The molecule has 0 radical (unpaired) electrons. The molecule has 4 nitrogen and oxygen atoms in total. The Bertz CT molecular complexity index is 433. The van der Waals surface area contributed by atoms with Crippen molar-refractivity contribution in [2.24, 2.45) is 0 Å². The van der Waals surface area contributed by atoms with Crippen LogP contribution in [0.3, 0.4) is 0 Å². The summed E-state index contributed by atoms with van der Waals surface area (Å²) in [6.07, 6.45) is 4.44. The molecule has 0 bridgehead atoms. The van der Waals surface area contributed by atoms with E-state index in [9.17, 15) is 9.90 Å². The van der Waals surface area contributed by atoms with Crippen LogP contribution in [0.5, 0.6) is 0 Å². The Labute approximate surface area is 105 Å². The molecule has 2 atom stereocenters. The number of nitrogens with one attached hydrogen (secondary N) is 1. The van der Waals surface area contributed by atoms with E-state index in [0.29, 0.717) is 5.16 Å². The van der Waals surface area contributed by atoms with Gasteiger partial charge in [-0.1, -0.05) is 25.1 Å². The van der Waals surface area contributed by atoms with Gasteiger partial charge in [0.25, 0.3) is 5.56 Å². The monoisotopic (exact) mass is 254 g/mol. The van der Waals surface area contributed by atoms with E-state index in [1.807, 2.05) is 0 Å². The summed E-state index contributed by atoms with van der Waals surface area (Å²) < 4.78 is 0. The SMILES string of the molecule is CCCc1cc(=O)[nH]c(SC2CCCC2O)n1. The van der Waals surface area contributed by atoms with Crippen LogP contribution in [0.4, 0.5) is 0 Å². The molecule has 17 heavy (non-hydrogen) atoms. The van der Waals surface area contributed by atoms with Crippen molar-refractivity contribution in [1.82, 2.24) is 9.97 Å². The zero-order valence-corrected chi connectivity index (χ0v) is 10.8. The number of aryl methyl sites for hydroxylation is 1. The maximum atomic E-state index is 11.5. The highest BCUT2D eigenvalue weighted by atomic mass is 32.2. The van der Waals surface area contributed by atoms with E-state index in [2.05, 4.69) is 16.9 Å². The third-order valence-electron chi connectivity index (χ3n) is 2.96. The second kappa shape index (κ2) is 5.69. The lowest BCUT2D eigenvalue weighted by Gasteiger charge is -2.13. The van der Waals surface area contributed by atoms with E-state index in [1.54, 1.807) is 6.07 Å². The smallest absolute Gasteiger partial charge is 0.251 e. The highest BCUT2D eigenvalue weighted by Gasteiger charge is 2.26. The molecule has 94 valence electrons. The minimum atomic E-state index is -0.264. The van der Waals surface area contributed by atoms with Crippen molar-refractivity contribution in [2.45, 2.75) is 55.5 Å². The fourth-order valence-electron chi connectivity index (χ4n) is 2.11. The summed E-state index contributed by atoms with van der Waals surface area (Å²) >= 11 is 1.50. The first-order valence-corrected chi connectivity index (χ1v) is 7.02. The van der Waals surface area contributed by atoms with E-state index in [1.165, 1.54) is 11.8 Å². The number of aromatic amines is 1. The molecule has 0 aromatic carbocycles. The number of H-pyrrole nitrogens is 1. The summed E-state index contributed by atoms with van der Waals surface area (Å²) in [4.78, 5) is 18.6. The van der Waals surface area contributed by atoms with Crippen LogP contribution >= 0.6 is 11.8 Å². The third-order valence-corrected chi connectivity index (χ3v) is 4.23. The lowest BCUT2D eigenvalue weighted by Crippen LogP contribution is -2.17. The Kier molecular flexibility index (Phi) is 4.23. The van der Waals surface area contributed by atoms with Gasteiger partial charge in [-0.25, -0.2) is 4.98 Å². The molecular weight excluding hydrogens is 236 g/mol. The van der Waals surface area contributed by atoms with Gasteiger partial charge in [0.15, 0.2) is 5.16 Å². The van der Waals surface area contributed by atoms with E-state index in [0.717, 1.165) is 37.8 Å². The standard InChI is InChI=1S/C12H18N2O2S/c1-2-4-8-7-11(16)14-12(13-8)17-10-6-3-5-9(10)15/h7,9-10,15H,2-6H2,1H3,(H,13,14,16). The normalized spacial score (nSPS) is 24.1. The van der Waals surface area contributed by atoms with Crippen LogP contribution in [0, 0.1) is 0 Å². The van der Waals surface area contributed by atoms with Gasteiger partial charge in [0, 0.05) is 17.0 Å². The summed E-state index contributed by atoms with van der Waals surface area (Å²) in [5.41, 5.74) is 0.740. The van der Waals surface area contributed by atoms with Gasteiger partial charge in [0.1, 0.15) is 0 Å². The molecule has 0 amide bonds. The van der Waals surface area contributed by atoms with Crippen LogP contribution < -0.4 is 5.56 Å². The number of rotatable bonds is 4. The van der Waals surface area contributed by atoms with E-state index >= 15 is 0 Å². The maximum Gasteiger partial charge on any atom is 0.251 e. The van der Waals surface area contributed by atoms with Gasteiger partial charge in [-0.05, 0) is 25.7 Å². The number of thioether (sulfide) groups is 1. The minimum absolute atomic E-state index is 0.0987. The highest BCUT2D eigenvalue weighted by molar-refractivity contribution is 7.99. The number of aromatic nitrogens is 2. The van der Waals surface area contributed by atoms with Crippen molar-refractivity contribution in [3.8, 4) is 0 Å². The molecule has 1 saturated carbocycles. The van der Waals surface area contributed by atoms with Crippen molar-refractivity contribution < 1.29 is 5.11 Å². The summed E-state index contributed by atoms with van der Waals surface area (Å²) in [6.45, 7) is 2.07. The lowest BCUT2D eigenvalue weighted by molar-refractivity contribution is 0.188. The van der Waals surface area contributed by atoms with Crippen LogP contribution in [-0.4, -0.2) is 26.4 Å². The second-order valence-corrected chi connectivity index (χ2v) is 5.67. The fourth-order valence-corrected chi connectivity index (χ4v) is 3.30. The van der Waals surface area contributed by atoms with Gasteiger partial charge in [0.2, 0.25) is 0 Å². The number of hydrogen-bond acceptors (Lipinski definition) is 4. The average Bonchev–Trinajstić information content (AvgIpc) is 2.64. The predicted octanol–water partition coefficient (Wildman–Crippen LogP) is 1.73. The molecule has 1 heterocycles. The summed E-state index contributed by atoms with van der Waals surface area (Å²) in [6, 6.07) is 1.55. The van der Waals surface area contributed by atoms with Gasteiger partial charge in [-0.3, -0.25) is 4.79 Å². The van der Waals surface area contributed by atoms with Crippen molar-refractivity contribution in [2.75, 3.05) is 0 Å². The zero-order chi connectivity index (χ0) is 12.3. The van der Waals surface area contributed by atoms with Crippen molar-refractivity contribution in [3.63, 3.8) is 0 Å². The number of aliphatic hydroxyl groups is 1. The Morgan fingerprint density at radius 1 is 1.59 bits per heavy atom. The van der Waals surface area contributed by atoms with Crippen molar-refractivity contribution in [1.29, 1.82) is 0 Å². The van der Waals surface area contributed by atoms with Crippen LogP contribution in [0.15, 0.2) is 16.0 Å². The highest BCUT2D eigenvalue weighted by Crippen LogP contribution is 2.32. The molecule has 1 aromatic rings. The number of hydrogen-bond donors (Lipinski definition) is 2. The molecule has 1 fully saturated rings. The summed E-state index contributed by atoms with van der Waals surface area (Å²) in [5.74, 6) is 0. The van der Waals surface area contributed by atoms with Crippen LogP contribution in [0.2, 0.25) is 0 Å². The Morgan fingerprint density at radius 3 is 3.06 bits per heavy atom. The average molecular weight is 254 g/mol. The van der Waals surface area contributed by atoms with Crippen LogP contribution in [0.25, 0.3) is 0 Å². The quantitative estimate of drug-likeness (QED) is 0.803. The maximum absolute atomic E-state index is 11.5. The lowest BCUT2D eigenvalue weighted by atomic mass is 10.2. The molecule has 1 aromatic heterocycles. The molecule has 5 heteroatoms. The molecule has 1 aliphatic carbocycles. The largest absolute Gasteiger partial charge is 0.392 e. The molecule has 2 N–H and O–H groups in total. The van der Waals surface area contributed by atoms with Gasteiger partial charge in [-0.2, -0.15) is 0 Å². The first kappa shape index (κ1) is 12.6. The van der Waals surface area contributed by atoms with Gasteiger partial charge in [0.05, 0.1) is 6.10 Å². The summed E-state index contributed by atoms with van der Waals surface area (Å²) in [7, 11) is 0. The van der Waals surface area contributed by atoms with Gasteiger partial charge < -0.3 is 10.1 Å². The molecule has 2 unspecified atom stereocenters. The summed E-state index contributed by atoms with van der Waals surface area (Å²) in [5, 5.41) is 10.6. The molecular formula is C12H18N2O2S. The van der Waals surface area contributed by atoms with Crippen molar-refractivity contribution >= 4 is 11.8 Å². The predicted molar refractivity (Wildman–Crippen MR) is 68.4 cm³/mol. The van der Waals surface area contributed by atoms with Gasteiger partial charge >= 0.3 is 0 Å². The molecule has 0 aliphatic heterocycles. The first-order valence-electron chi connectivity index (χ1n) is 6.14. The van der Waals surface area contributed by atoms with Crippen molar-refractivity contribution in [3.05, 3.63) is 22.1 Å². The first-order chi connectivity index (χ1) is 8.19. The molecule has 0 spiro atoms. The van der Waals surface area contributed by atoms with Gasteiger partial charge in [-0.15, -0.1) is 0 Å². The second-order valence-electron chi connectivity index (χ2n) is 4.45. The third kappa shape index (κ3) is 3.33. The van der Waals surface area contributed by atoms with E-state index in [4.69, 9.17) is 0 Å². The number of nitrogens with zero attached hydrogens (tertiary/aromatic N) is 1. The minimum Gasteiger partial charge on any atom is -0.392 e. The Balaban J connectivity index is 2.12. The molecule has 2 rings (SSSR count). The number of aliphatic hydroxyl groups excluding tert-OH is 1. The zero-order valence-electron chi connectivity index (χ0n) is 9.98. The van der Waals surface area contributed by atoms with Crippen LogP contribution in [-0.2, 0) is 6.42 Å². The Hall–Kier alpha value is -0.810. The fraction of sp³-hybridized carbons (Fsp3) is 0.667. The van der Waals surface area contributed by atoms with E-state index < -0.39 is 0 Å². The topological polar surface area (TPSA) is 66.0 Å². The van der Waals surface area contributed by atoms with Crippen LogP contribution in [0.1, 0.15) is 38.3 Å². The Morgan fingerprint density at radius 2 is 2.41 bits per heavy atom. The van der Waals surface area contributed by atoms with E-state index in [-0.39, 0.29) is 16.9 Å². The molecule has 1 aliphatic rings.